The van der Waals surface area contributed by atoms with Crippen molar-refractivity contribution in [2.24, 2.45) is 0 Å². The van der Waals surface area contributed by atoms with Gasteiger partial charge in [0.2, 0.25) is 0 Å². The summed E-state index contributed by atoms with van der Waals surface area (Å²) >= 11 is 0. The molecule has 0 aliphatic heterocycles. The van der Waals surface area contributed by atoms with E-state index >= 15 is 0 Å². The predicted octanol–water partition coefficient (Wildman–Crippen LogP) is 3.20. The molecule has 0 heterocycles. The first-order chi connectivity index (χ1) is 9.22. The highest BCUT2D eigenvalue weighted by molar-refractivity contribution is 5.82. The average molecular weight is 253 g/mol. The van der Waals surface area contributed by atoms with Crippen molar-refractivity contribution in [1.82, 2.24) is 5.32 Å². The molecular weight excluding hydrogens is 234 g/mol. The summed E-state index contributed by atoms with van der Waals surface area (Å²) in [6.07, 6.45) is 0.490. The third-order valence-electron chi connectivity index (χ3n) is 3.13. The molecule has 0 spiro atoms. The topological polar surface area (TPSA) is 29.1 Å². The molecule has 0 aromatic heterocycles. The molecule has 0 unspecified atom stereocenters. The van der Waals surface area contributed by atoms with Crippen molar-refractivity contribution in [2.45, 2.75) is 19.9 Å². The molecule has 98 valence electrons. The summed E-state index contributed by atoms with van der Waals surface area (Å²) in [4.78, 5) is 11.4. The lowest BCUT2D eigenvalue weighted by molar-refractivity contribution is -0.116. The van der Waals surface area contributed by atoms with Crippen LogP contribution in [0.5, 0.6) is 0 Å². The summed E-state index contributed by atoms with van der Waals surface area (Å²) in [6, 6.07) is 16.5. The van der Waals surface area contributed by atoms with Gasteiger partial charge in [0.15, 0.2) is 0 Å². The van der Waals surface area contributed by atoms with Gasteiger partial charge in [0.1, 0.15) is 5.78 Å². The summed E-state index contributed by atoms with van der Waals surface area (Å²) in [5.41, 5.74) is 4.71. The number of carbonyl (C=O) groups excluding carboxylic acids is 1. The Kier molecular flexibility index (Phi) is 4.48. The van der Waals surface area contributed by atoms with E-state index in [1.807, 2.05) is 37.4 Å². The number of benzene rings is 2. The molecule has 1 N–H and O–H groups in total. The number of Topliss-reactive ketones (excluding diaryl/α,β-unsaturated/α-hetero) is 1. The second-order valence-corrected chi connectivity index (χ2v) is 4.72. The zero-order chi connectivity index (χ0) is 13.7. The first-order valence-corrected chi connectivity index (χ1v) is 6.52. The van der Waals surface area contributed by atoms with E-state index in [4.69, 9.17) is 0 Å². The van der Waals surface area contributed by atoms with E-state index in [2.05, 4.69) is 23.5 Å². The largest absolute Gasteiger partial charge is 0.316 e. The molecule has 0 atom stereocenters. The molecule has 2 aromatic carbocycles. The molecule has 19 heavy (non-hydrogen) atoms. The maximum Gasteiger partial charge on any atom is 0.134 e. The Labute approximate surface area is 114 Å². The molecule has 2 nitrogen and oxygen atoms in total. The van der Waals surface area contributed by atoms with Gasteiger partial charge in [0, 0.05) is 13.0 Å². The predicted molar refractivity (Wildman–Crippen MR) is 79.0 cm³/mol. The minimum atomic E-state index is 0.193. The fourth-order valence-corrected chi connectivity index (χ4v) is 2.33. The molecule has 0 saturated carbocycles. The van der Waals surface area contributed by atoms with Gasteiger partial charge in [-0.2, -0.15) is 0 Å². The second kappa shape index (κ2) is 6.30. The smallest absolute Gasteiger partial charge is 0.134 e. The fraction of sp³-hybridized carbons (Fsp3) is 0.235. The van der Waals surface area contributed by atoms with Gasteiger partial charge in [0.05, 0.1) is 0 Å². The molecule has 0 fully saturated rings. The van der Waals surface area contributed by atoms with Crippen LogP contribution < -0.4 is 5.32 Å². The molecule has 0 aliphatic rings. The zero-order valence-electron chi connectivity index (χ0n) is 11.4. The highest BCUT2D eigenvalue weighted by atomic mass is 16.1. The van der Waals surface area contributed by atoms with E-state index in [0.717, 1.165) is 17.7 Å². The normalized spacial score (nSPS) is 10.4. The fourth-order valence-electron chi connectivity index (χ4n) is 2.33. The van der Waals surface area contributed by atoms with Crippen molar-refractivity contribution < 1.29 is 4.79 Å². The van der Waals surface area contributed by atoms with Gasteiger partial charge in [-0.1, -0.05) is 48.5 Å². The SMILES string of the molecule is CNCc1ccccc1-c1ccccc1CC(C)=O. The Bertz CT molecular complexity index is 575. The summed E-state index contributed by atoms with van der Waals surface area (Å²) < 4.78 is 0. The van der Waals surface area contributed by atoms with E-state index in [0.29, 0.717) is 6.42 Å². The number of carbonyl (C=O) groups is 1. The van der Waals surface area contributed by atoms with Crippen molar-refractivity contribution in [1.29, 1.82) is 0 Å². The van der Waals surface area contributed by atoms with Gasteiger partial charge in [-0.15, -0.1) is 0 Å². The summed E-state index contributed by atoms with van der Waals surface area (Å²) in [5.74, 6) is 0.193. The van der Waals surface area contributed by atoms with Gasteiger partial charge in [-0.25, -0.2) is 0 Å². The van der Waals surface area contributed by atoms with Crippen LogP contribution in [0.3, 0.4) is 0 Å². The molecule has 0 saturated heterocycles. The van der Waals surface area contributed by atoms with Gasteiger partial charge in [-0.05, 0) is 36.2 Å². The van der Waals surface area contributed by atoms with E-state index in [1.165, 1.54) is 11.1 Å². The highest BCUT2D eigenvalue weighted by Crippen LogP contribution is 2.27. The van der Waals surface area contributed by atoms with Crippen molar-refractivity contribution >= 4 is 5.78 Å². The van der Waals surface area contributed by atoms with Crippen LogP contribution in [-0.4, -0.2) is 12.8 Å². The number of hydrogen-bond donors (Lipinski definition) is 1. The van der Waals surface area contributed by atoms with E-state index in [-0.39, 0.29) is 5.78 Å². The first-order valence-electron chi connectivity index (χ1n) is 6.52. The van der Waals surface area contributed by atoms with E-state index in [9.17, 15) is 4.79 Å². The maximum absolute atomic E-state index is 11.4. The monoisotopic (exact) mass is 253 g/mol. The van der Waals surface area contributed by atoms with Crippen LogP contribution in [0.1, 0.15) is 18.1 Å². The highest BCUT2D eigenvalue weighted by Gasteiger charge is 2.09. The Morgan fingerprint density at radius 1 is 0.947 bits per heavy atom. The molecule has 0 aliphatic carbocycles. The van der Waals surface area contributed by atoms with E-state index < -0.39 is 0 Å². The third kappa shape index (κ3) is 3.30. The standard InChI is InChI=1S/C17H19NO/c1-13(19)11-14-7-3-5-9-16(14)17-10-6-4-8-15(17)12-18-2/h3-10,18H,11-12H2,1-2H3. The van der Waals surface area contributed by atoms with Crippen LogP contribution in [0.2, 0.25) is 0 Å². The van der Waals surface area contributed by atoms with Gasteiger partial charge in [0.25, 0.3) is 0 Å². The quantitative estimate of drug-likeness (QED) is 0.886. The molecule has 0 radical (unpaired) electrons. The van der Waals surface area contributed by atoms with Crippen LogP contribution in [0.25, 0.3) is 11.1 Å². The van der Waals surface area contributed by atoms with Gasteiger partial charge >= 0.3 is 0 Å². The molecular formula is C17H19NO. The third-order valence-corrected chi connectivity index (χ3v) is 3.13. The van der Waals surface area contributed by atoms with Crippen LogP contribution in [0, 0.1) is 0 Å². The Morgan fingerprint density at radius 2 is 1.47 bits per heavy atom. The number of nitrogens with one attached hydrogen (secondary N) is 1. The minimum Gasteiger partial charge on any atom is -0.316 e. The van der Waals surface area contributed by atoms with Crippen molar-refractivity contribution in [3.63, 3.8) is 0 Å². The molecule has 2 aromatic rings. The molecule has 0 amide bonds. The van der Waals surface area contributed by atoms with Crippen molar-refractivity contribution in [3.05, 3.63) is 59.7 Å². The summed E-state index contributed by atoms with van der Waals surface area (Å²) in [5, 5.41) is 3.19. The Hall–Kier alpha value is -1.93. The second-order valence-electron chi connectivity index (χ2n) is 4.72. The lowest BCUT2D eigenvalue weighted by Gasteiger charge is -2.13. The number of rotatable bonds is 5. The first kappa shape index (κ1) is 13.5. The molecule has 2 rings (SSSR count). The van der Waals surface area contributed by atoms with Crippen LogP contribution in [0.4, 0.5) is 0 Å². The van der Waals surface area contributed by atoms with Crippen molar-refractivity contribution in [3.8, 4) is 11.1 Å². The zero-order valence-corrected chi connectivity index (χ0v) is 11.4. The maximum atomic E-state index is 11.4. The van der Waals surface area contributed by atoms with Crippen LogP contribution in [0.15, 0.2) is 48.5 Å². The number of hydrogen-bond acceptors (Lipinski definition) is 2. The minimum absolute atomic E-state index is 0.193. The van der Waals surface area contributed by atoms with Crippen molar-refractivity contribution in [2.75, 3.05) is 7.05 Å². The van der Waals surface area contributed by atoms with Gasteiger partial charge < -0.3 is 5.32 Å². The Balaban J connectivity index is 2.49. The summed E-state index contributed by atoms with van der Waals surface area (Å²) in [6.45, 7) is 2.46. The van der Waals surface area contributed by atoms with Gasteiger partial charge in [-0.3, -0.25) is 4.79 Å². The lowest BCUT2D eigenvalue weighted by atomic mass is 9.93. The average Bonchev–Trinajstić information content (AvgIpc) is 2.40. The van der Waals surface area contributed by atoms with Crippen LogP contribution >= 0.6 is 0 Å². The summed E-state index contributed by atoms with van der Waals surface area (Å²) in [7, 11) is 1.94. The lowest BCUT2D eigenvalue weighted by Crippen LogP contribution is -2.07. The van der Waals surface area contributed by atoms with Crippen LogP contribution in [-0.2, 0) is 17.8 Å². The number of ketones is 1. The molecule has 2 heteroatoms. The van der Waals surface area contributed by atoms with E-state index in [1.54, 1.807) is 6.92 Å². The molecule has 0 bridgehead atoms. The Morgan fingerprint density at radius 3 is 2.05 bits per heavy atom.